The molecule has 0 amide bonds. The molecule has 0 aliphatic heterocycles. The highest BCUT2D eigenvalue weighted by molar-refractivity contribution is 5.90. The first kappa shape index (κ1) is 20.3. The van der Waals surface area contributed by atoms with Crippen LogP contribution >= 0.6 is 0 Å². The Morgan fingerprint density at radius 3 is 2.45 bits per heavy atom. The van der Waals surface area contributed by atoms with Crippen molar-refractivity contribution < 1.29 is 0 Å². The van der Waals surface area contributed by atoms with Gasteiger partial charge in [0.1, 0.15) is 17.7 Å². The number of pyridine rings is 1. The molecule has 0 radical (unpaired) electrons. The molecule has 0 saturated heterocycles. The van der Waals surface area contributed by atoms with Gasteiger partial charge >= 0.3 is 0 Å². The molecular weight excluding hydrogens is 384 g/mol. The number of benzene rings is 2. The molecule has 4 rings (SSSR count). The molecule has 0 saturated carbocycles. The van der Waals surface area contributed by atoms with Gasteiger partial charge in [0.25, 0.3) is 0 Å². The number of nitrogens with one attached hydrogen (secondary N) is 2. The zero-order valence-electron chi connectivity index (χ0n) is 17.9. The van der Waals surface area contributed by atoms with Crippen LogP contribution in [0, 0.1) is 32.1 Å². The van der Waals surface area contributed by atoms with Gasteiger partial charge in [0.15, 0.2) is 5.82 Å². The van der Waals surface area contributed by atoms with Crippen LogP contribution in [0.1, 0.15) is 22.3 Å². The number of nitriles is 1. The predicted molar refractivity (Wildman–Crippen MR) is 125 cm³/mol. The van der Waals surface area contributed by atoms with Crippen LogP contribution in [0.5, 0.6) is 0 Å². The standard InChI is InChI=1S/C25H24N6/c1-16-8-10-20(18(3)17(16)2)25-30-22-7-5-4-6-21(22)24(31-25)28-13-12-27-23-11-9-19(14-26)15-29-23/h4-11,15H,12-13H2,1-3H3,(H,27,29)(H,28,30,31). The Balaban J connectivity index is 1.57. The zero-order valence-corrected chi connectivity index (χ0v) is 17.9. The van der Waals surface area contributed by atoms with Gasteiger partial charge in [0.05, 0.1) is 11.1 Å². The average molecular weight is 409 g/mol. The van der Waals surface area contributed by atoms with Crippen molar-refractivity contribution in [3.63, 3.8) is 0 Å². The minimum Gasteiger partial charge on any atom is -0.368 e. The lowest BCUT2D eigenvalue weighted by molar-refractivity contribution is 1.04. The van der Waals surface area contributed by atoms with Crippen LogP contribution in [-0.4, -0.2) is 28.0 Å². The normalized spacial score (nSPS) is 10.6. The van der Waals surface area contributed by atoms with E-state index in [9.17, 15) is 0 Å². The van der Waals surface area contributed by atoms with Crippen molar-refractivity contribution in [1.82, 2.24) is 15.0 Å². The number of aromatic nitrogens is 3. The molecule has 2 heterocycles. The molecule has 2 N–H and O–H groups in total. The summed E-state index contributed by atoms with van der Waals surface area (Å²) >= 11 is 0. The molecule has 0 aliphatic rings. The van der Waals surface area contributed by atoms with Gasteiger partial charge in [0.2, 0.25) is 0 Å². The highest BCUT2D eigenvalue weighted by Gasteiger charge is 2.12. The lowest BCUT2D eigenvalue weighted by atomic mass is 9.98. The third kappa shape index (κ3) is 4.31. The Bertz CT molecular complexity index is 1270. The first-order valence-corrected chi connectivity index (χ1v) is 10.2. The maximum absolute atomic E-state index is 8.87. The third-order valence-corrected chi connectivity index (χ3v) is 5.52. The molecule has 4 aromatic rings. The number of anilines is 2. The molecule has 6 heteroatoms. The Kier molecular flexibility index (Phi) is 5.76. The summed E-state index contributed by atoms with van der Waals surface area (Å²) in [5, 5.41) is 16.6. The Morgan fingerprint density at radius 1 is 0.871 bits per heavy atom. The van der Waals surface area contributed by atoms with Gasteiger partial charge in [0, 0.05) is 30.2 Å². The molecule has 0 atom stereocenters. The number of hydrogen-bond acceptors (Lipinski definition) is 6. The van der Waals surface area contributed by atoms with E-state index >= 15 is 0 Å². The summed E-state index contributed by atoms with van der Waals surface area (Å²) in [6.07, 6.45) is 1.56. The van der Waals surface area contributed by atoms with Crippen molar-refractivity contribution >= 4 is 22.5 Å². The molecule has 0 spiro atoms. The van der Waals surface area contributed by atoms with Gasteiger partial charge < -0.3 is 10.6 Å². The minimum absolute atomic E-state index is 0.547. The lowest BCUT2D eigenvalue weighted by Crippen LogP contribution is -2.15. The van der Waals surface area contributed by atoms with Crippen molar-refractivity contribution in [3.8, 4) is 17.5 Å². The van der Waals surface area contributed by atoms with Crippen LogP contribution in [0.25, 0.3) is 22.3 Å². The van der Waals surface area contributed by atoms with E-state index in [4.69, 9.17) is 15.2 Å². The summed E-state index contributed by atoms with van der Waals surface area (Å²) in [6.45, 7) is 7.70. The molecule has 2 aromatic heterocycles. The molecule has 0 fully saturated rings. The van der Waals surface area contributed by atoms with Crippen molar-refractivity contribution in [2.45, 2.75) is 20.8 Å². The number of hydrogen-bond donors (Lipinski definition) is 2. The quantitative estimate of drug-likeness (QED) is 0.436. The van der Waals surface area contributed by atoms with E-state index in [1.165, 1.54) is 16.7 Å². The topological polar surface area (TPSA) is 86.5 Å². The van der Waals surface area contributed by atoms with Crippen LogP contribution < -0.4 is 10.6 Å². The maximum Gasteiger partial charge on any atom is 0.162 e. The first-order chi connectivity index (χ1) is 15.1. The summed E-state index contributed by atoms with van der Waals surface area (Å²) in [6, 6.07) is 17.9. The number of aryl methyl sites for hydroxylation is 1. The maximum atomic E-state index is 8.87. The van der Waals surface area contributed by atoms with Crippen molar-refractivity contribution in [3.05, 3.63) is 77.0 Å². The summed E-state index contributed by atoms with van der Waals surface area (Å²) < 4.78 is 0. The number of nitrogens with zero attached hydrogens (tertiary/aromatic N) is 4. The highest BCUT2D eigenvalue weighted by Crippen LogP contribution is 2.29. The van der Waals surface area contributed by atoms with Crippen LogP contribution in [0.4, 0.5) is 11.6 Å². The number of fused-ring (bicyclic) bond motifs is 1. The Labute approximate surface area is 182 Å². The van der Waals surface area contributed by atoms with Gasteiger partial charge in [-0.2, -0.15) is 5.26 Å². The third-order valence-electron chi connectivity index (χ3n) is 5.52. The van der Waals surface area contributed by atoms with Crippen LogP contribution in [0.2, 0.25) is 0 Å². The van der Waals surface area contributed by atoms with E-state index in [1.54, 1.807) is 18.3 Å². The van der Waals surface area contributed by atoms with Crippen LogP contribution in [0.3, 0.4) is 0 Å². The van der Waals surface area contributed by atoms with E-state index < -0.39 is 0 Å². The number of rotatable bonds is 6. The minimum atomic E-state index is 0.547. The predicted octanol–water partition coefficient (Wildman–Crippen LogP) is 5.01. The molecule has 31 heavy (non-hydrogen) atoms. The molecule has 154 valence electrons. The second-order valence-electron chi connectivity index (χ2n) is 7.49. The van der Waals surface area contributed by atoms with E-state index in [0.717, 1.165) is 33.9 Å². The molecule has 2 aromatic carbocycles. The van der Waals surface area contributed by atoms with Crippen molar-refractivity contribution in [1.29, 1.82) is 5.26 Å². The summed E-state index contributed by atoms with van der Waals surface area (Å²) in [4.78, 5) is 13.9. The van der Waals surface area contributed by atoms with Crippen LogP contribution in [0.15, 0.2) is 54.7 Å². The van der Waals surface area contributed by atoms with E-state index in [0.29, 0.717) is 18.7 Å². The Hall–Kier alpha value is -3.98. The fraction of sp³-hybridized carbons (Fsp3) is 0.200. The second kappa shape index (κ2) is 8.80. The molecule has 0 aliphatic carbocycles. The first-order valence-electron chi connectivity index (χ1n) is 10.2. The fourth-order valence-electron chi connectivity index (χ4n) is 3.47. The Morgan fingerprint density at radius 2 is 1.68 bits per heavy atom. The van der Waals surface area contributed by atoms with Crippen LogP contribution in [-0.2, 0) is 0 Å². The summed E-state index contributed by atoms with van der Waals surface area (Å²) in [5.74, 6) is 2.27. The van der Waals surface area contributed by atoms with Gasteiger partial charge in [-0.25, -0.2) is 15.0 Å². The zero-order chi connectivity index (χ0) is 21.8. The molecule has 0 bridgehead atoms. The molecule has 0 unspecified atom stereocenters. The van der Waals surface area contributed by atoms with E-state index in [-0.39, 0.29) is 0 Å². The summed E-state index contributed by atoms with van der Waals surface area (Å²) in [7, 11) is 0. The second-order valence-corrected chi connectivity index (χ2v) is 7.49. The summed E-state index contributed by atoms with van der Waals surface area (Å²) in [5.41, 5.74) is 6.25. The molecule has 6 nitrogen and oxygen atoms in total. The highest BCUT2D eigenvalue weighted by atomic mass is 15.1. The van der Waals surface area contributed by atoms with Gasteiger partial charge in [-0.05, 0) is 61.7 Å². The van der Waals surface area contributed by atoms with Gasteiger partial charge in [-0.1, -0.05) is 24.3 Å². The number of para-hydroxylation sites is 1. The van der Waals surface area contributed by atoms with E-state index in [2.05, 4.69) is 54.6 Å². The monoisotopic (exact) mass is 408 g/mol. The van der Waals surface area contributed by atoms with Gasteiger partial charge in [-0.15, -0.1) is 0 Å². The average Bonchev–Trinajstić information content (AvgIpc) is 2.80. The van der Waals surface area contributed by atoms with Crippen molar-refractivity contribution in [2.24, 2.45) is 0 Å². The smallest absolute Gasteiger partial charge is 0.162 e. The van der Waals surface area contributed by atoms with Crippen molar-refractivity contribution in [2.75, 3.05) is 23.7 Å². The van der Waals surface area contributed by atoms with E-state index in [1.807, 2.05) is 24.3 Å². The lowest BCUT2D eigenvalue weighted by Gasteiger charge is -2.14. The SMILES string of the molecule is Cc1ccc(-c2nc(NCCNc3ccc(C#N)cn3)c3ccccc3n2)c(C)c1C. The largest absolute Gasteiger partial charge is 0.368 e. The fourth-order valence-corrected chi connectivity index (χ4v) is 3.47. The van der Waals surface area contributed by atoms with Gasteiger partial charge in [-0.3, -0.25) is 0 Å². The molecular formula is C25H24N6.